The Morgan fingerprint density at radius 3 is 2.80 bits per heavy atom. The first kappa shape index (κ1) is 13.5. The number of benzene rings is 1. The number of halogens is 2. The zero-order valence-corrected chi connectivity index (χ0v) is 12.2. The van der Waals surface area contributed by atoms with E-state index in [1.807, 2.05) is 6.07 Å². The van der Waals surface area contributed by atoms with Crippen molar-refractivity contribution in [3.05, 3.63) is 46.3 Å². The van der Waals surface area contributed by atoms with Gasteiger partial charge in [0.1, 0.15) is 0 Å². The van der Waals surface area contributed by atoms with Gasteiger partial charge in [-0.3, -0.25) is 0 Å². The third-order valence-corrected chi connectivity index (χ3v) is 3.45. The third-order valence-electron chi connectivity index (χ3n) is 2.95. The second kappa shape index (κ2) is 5.85. The fraction of sp³-hybridized carbons (Fsp3) is 0.286. The van der Waals surface area contributed by atoms with Gasteiger partial charge in [-0.15, -0.1) is 5.10 Å². The number of rotatable bonds is 5. The Morgan fingerprint density at radius 2 is 2.10 bits per heavy atom. The number of ether oxygens (including phenoxy) is 1. The normalized spacial score (nSPS) is 14.3. The number of nitrogens with one attached hydrogen (secondary N) is 1. The highest BCUT2D eigenvalue weighted by atomic mass is 79.9. The Hall–Kier alpha value is -1.53. The summed E-state index contributed by atoms with van der Waals surface area (Å²) in [5, 5.41) is 11.4. The minimum Gasteiger partial charge on any atom is -0.434 e. The summed E-state index contributed by atoms with van der Waals surface area (Å²) in [5.41, 5.74) is 0.846. The van der Waals surface area contributed by atoms with Crippen LogP contribution in [0.2, 0.25) is 0 Å². The standard InChI is InChI=1S/C14H13BrFN3O/c15-9-1-5-12(16)13(7-9)20-14-6-4-11(18-19-14)8-17-10-2-3-10/h1,4-7,10,17H,2-3,8H2. The lowest BCUT2D eigenvalue weighted by Gasteiger charge is -2.06. The van der Waals surface area contributed by atoms with Gasteiger partial charge in [-0.25, -0.2) is 4.39 Å². The summed E-state index contributed by atoms with van der Waals surface area (Å²) in [7, 11) is 0. The van der Waals surface area contributed by atoms with Crippen molar-refractivity contribution >= 4 is 15.9 Å². The number of hydrogen-bond donors (Lipinski definition) is 1. The van der Waals surface area contributed by atoms with E-state index in [9.17, 15) is 4.39 Å². The summed E-state index contributed by atoms with van der Waals surface area (Å²) in [6, 6.07) is 8.65. The molecule has 20 heavy (non-hydrogen) atoms. The van der Waals surface area contributed by atoms with Gasteiger partial charge in [0, 0.05) is 23.1 Å². The number of nitrogens with zero attached hydrogens (tertiary/aromatic N) is 2. The van der Waals surface area contributed by atoms with Gasteiger partial charge in [-0.1, -0.05) is 15.9 Å². The highest BCUT2D eigenvalue weighted by Gasteiger charge is 2.20. The summed E-state index contributed by atoms with van der Waals surface area (Å²) in [6.45, 7) is 0.698. The van der Waals surface area contributed by atoms with Crippen molar-refractivity contribution in [2.24, 2.45) is 0 Å². The molecule has 0 atom stereocenters. The predicted octanol–water partition coefficient (Wildman–Crippen LogP) is 3.42. The number of hydrogen-bond acceptors (Lipinski definition) is 4. The van der Waals surface area contributed by atoms with E-state index in [1.54, 1.807) is 18.2 Å². The quantitative estimate of drug-likeness (QED) is 0.908. The minimum atomic E-state index is -0.436. The molecule has 6 heteroatoms. The zero-order chi connectivity index (χ0) is 13.9. The van der Waals surface area contributed by atoms with Crippen LogP contribution in [0.3, 0.4) is 0 Å². The lowest BCUT2D eigenvalue weighted by molar-refractivity contribution is 0.420. The van der Waals surface area contributed by atoms with Crippen molar-refractivity contribution < 1.29 is 9.13 Å². The average Bonchev–Trinajstić information content (AvgIpc) is 3.26. The van der Waals surface area contributed by atoms with E-state index < -0.39 is 5.82 Å². The van der Waals surface area contributed by atoms with Crippen molar-refractivity contribution in [3.8, 4) is 11.6 Å². The van der Waals surface area contributed by atoms with E-state index in [4.69, 9.17) is 4.74 Å². The van der Waals surface area contributed by atoms with Crippen molar-refractivity contribution in [3.63, 3.8) is 0 Å². The summed E-state index contributed by atoms with van der Waals surface area (Å²) in [6.07, 6.45) is 2.47. The van der Waals surface area contributed by atoms with E-state index in [0.717, 1.165) is 10.2 Å². The lowest BCUT2D eigenvalue weighted by atomic mass is 10.3. The summed E-state index contributed by atoms with van der Waals surface area (Å²) in [5.74, 6) is -0.0378. The van der Waals surface area contributed by atoms with Gasteiger partial charge < -0.3 is 10.1 Å². The maximum absolute atomic E-state index is 13.5. The van der Waals surface area contributed by atoms with E-state index in [0.29, 0.717) is 12.6 Å². The van der Waals surface area contributed by atoms with E-state index in [1.165, 1.54) is 18.9 Å². The molecule has 104 valence electrons. The summed E-state index contributed by atoms with van der Waals surface area (Å²) < 4.78 is 19.7. The molecule has 1 aromatic carbocycles. The summed E-state index contributed by atoms with van der Waals surface area (Å²) >= 11 is 3.27. The Bertz CT molecular complexity index is 602. The van der Waals surface area contributed by atoms with Crippen molar-refractivity contribution in [1.82, 2.24) is 15.5 Å². The first-order valence-electron chi connectivity index (χ1n) is 6.39. The molecular formula is C14H13BrFN3O. The first-order valence-corrected chi connectivity index (χ1v) is 7.19. The Labute approximate surface area is 124 Å². The molecule has 1 saturated carbocycles. The van der Waals surface area contributed by atoms with Gasteiger partial charge in [-0.05, 0) is 37.1 Å². The third kappa shape index (κ3) is 3.52. The molecule has 1 fully saturated rings. The maximum atomic E-state index is 13.5. The molecule has 0 amide bonds. The highest BCUT2D eigenvalue weighted by Crippen LogP contribution is 2.26. The summed E-state index contributed by atoms with van der Waals surface area (Å²) in [4.78, 5) is 0. The van der Waals surface area contributed by atoms with Crippen LogP contribution in [0.25, 0.3) is 0 Å². The van der Waals surface area contributed by atoms with Gasteiger partial charge in [0.2, 0.25) is 5.88 Å². The Balaban J connectivity index is 1.66. The molecule has 0 saturated heterocycles. The molecule has 1 aromatic heterocycles. The molecule has 0 bridgehead atoms. The van der Waals surface area contributed by atoms with Crippen molar-refractivity contribution in [1.29, 1.82) is 0 Å². The first-order chi connectivity index (χ1) is 9.70. The van der Waals surface area contributed by atoms with E-state index in [2.05, 4.69) is 31.4 Å². The van der Waals surface area contributed by atoms with Crippen LogP contribution in [0.5, 0.6) is 11.6 Å². The highest BCUT2D eigenvalue weighted by molar-refractivity contribution is 9.10. The minimum absolute atomic E-state index is 0.123. The molecule has 3 rings (SSSR count). The smallest absolute Gasteiger partial charge is 0.239 e. The molecule has 4 nitrogen and oxygen atoms in total. The Morgan fingerprint density at radius 1 is 1.25 bits per heavy atom. The van der Waals surface area contributed by atoms with Crippen LogP contribution in [0.15, 0.2) is 34.8 Å². The van der Waals surface area contributed by atoms with Gasteiger partial charge in [0.05, 0.1) is 5.69 Å². The molecule has 1 N–H and O–H groups in total. The molecule has 1 aliphatic rings. The maximum Gasteiger partial charge on any atom is 0.239 e. The van der Waals surface area contributed by atoms with Crippen LogP contribution in [-0.4, -0.2) is 16.2 Å². The molecule has 0 spiro atoms. The van der Waals surface area contributed by atoms with Crippen LogP contribution in [-0.2, 0) is 6.54 Å². The van der Waals surface area contributed by atoms with Crippen molar-refractivity contribution in [2.45, 2.75) is 25.4 Å². The molecule has 0 unspecified atom stereocenters. The van der Waals surface area contributed by atoms with Crippen LogP contribution in [0, 0.1) is 5.82 Å². The van der Waals surface area contributed by atoms with Crippen LogP contribution in [0.1, 0.15) is 18.5 Å². The fourth-order valence-corrected chi connectivity index (χ4v) is 2.04. The predicted molar refractivity (Wildman–Crippen MR) is 76.1 cm³/mol. The van der Waals surface area contributed by atoms with Gasteiger partial charge in [0.15, 0.2) is 11.6 Å². The molecule has 0 aliphatic heterocycles. The monoisotopic (exact) mass is 337 g/mol. The number of aromatic nitrogens is 2. The second-order valence-corrected chi connectivity index (χ2v) is 5.61. The van der Waals surface area contributed by atoms with Crippen LogP contribution in [0.4, 0.5) is 4.39 Å². The largest absolute Gasteiger partial charge is 0.434 e. The zero-order valence-electron chi connectivity index (χ0n) is 10.6. The fourth-order valence-electron chi connectivity index (χ4n) is 1.70. The van der Waals surface area contributed by atoms with Crippen molar-refractivity contribution in [2.75, 3.05) is 0 Å². The topological polar surface area (TPSA) is 47.0 Å². The van der Waals surface area contributed by atoms with Gasteiger partial charge in [-0.2, -0.15) is 5.10 Å². The molecule has 1 heterocycles. The van der Waals surface area contributed by atoms with E-state index in [-0.39, 0.29) is 11.6 Å². The SMILES string of the molecule is Fc1ccc(Br)cc1Oc1ccc(CNC2CC2)nn1. The Kier molecular flexibility index (Phi) is 3.93. The van der Waals surface area contributed by atoms with Crippen LogP contribution >= 0.6 is 15.9 Å². The van der Waals surface area contributed by atoms with E-state index >= 15 is 0 Å². The second-order valence-electron chi connectivity index (χ2n) is 4.69. The van der Waals surface area contributed by atoms with Crippen LogP contribution < -0.4 is 10.1 Å². The molecule has 2 aromatic rings. The lowest BCUT2D eigenvalue weighted by Crippen LogP contribution is -2.16. The van der Waals surface area contributed by atoms with Gasteiger partial charge >= 0.3 is 0 Å². The molecule has 0 radical (unpaired) electrons. The molecule has 1 aliphatic carbocycles. The van der Waals surface area contributed by atoms with Gasteiger partial charge in [0.25, 0.3) is 0 Å². The average molecular weight is 338 g/mol. The molecular weight excluding hydrogens is 325 g/mol.